The Kier molecular flexibility index (Phi) is 15.2. The van der Waals surface area contributed by atoms with Crippen molar-refractivity contribution < 1.29 is 53.4 Å². The summed E-state index contributed by atoms with van der Waals surface area (Å²) in [6, 6.07) is 6.50. The molecule has 0 aliphatic carbocycles. The number of nitrogens with two attached hydrogens (primary N) is 2. The summed E-state index contributed by atoms with van der Waals surface area (Å²) in [5.74, 6) is -9.85. The van der Waals surface area contributed by atoms with Crippen LogP contribution >= 0.6 is 0 Å². The van der Waals surface area contributed by atoms with Crippen molar-refractivity contribution in [3.63, 3.8) is 0 Å². The smallest absolute Gasteiger partial charge is 0.305 e. The third kappa shape index (κ3) is 12.9. The Morgan fingerprint density at radius 1 is 0.649 bits per heavy atom. The number of amides is 7. The van der Waals surface area contributed by atoms with E-state index >= 15 is 0 Å². The van der Waals surface area contributed by atoms with Crippen molar-refractivity contribution in [1.82, 2.24) is 36.9 Å². The summed E-state index contributed by atoms with van der Waals surface area (Å²) >= 11 is 0. The molecule has 304 valence electrons. The number of carboxylic acid groups (broad SMARTS) is 2. The molecule has 57 heavy (non-hydrogen) atoms. The number of carbonyl (C=O) groups is 9. The van der Waals surface area contributed by atoms with Crippen LogP contribution in [0.3, 0.4) is 0 Å². The second-order valence-corrected chi connectivity index (χ2v) is 13.5. The fourth-order valence-corrected chi connectivity index (χ4v) is 6.25. The monoisotopic (exact) mass is 791 g/mol. The highest BCUT2D eigenvalue weighted by Gasteiger charge is 2.35. The van der Waals surface area contributed by atoms with Gasteiger partial charge < -0.3 is 58.6 Å². The first-order valence-corrected chi connectivity index (χ1v) is 18.0. The largest absolute Gasteiger partial charge is 0.481 e. The molecule has 1 aromatic heterocycles. The summed E-state index contributed by atoms with van der Waals surface area (Å²) in [7, 11) is 0. The number of aromatic amines is 1. The van der Waals surface area contributed by atoms with E-state index in [1.165, 1.54) is 0 Å². The number of aromatic nitrogens is 1. The standard InChI is InChI=1S/C37H45N9O11/c38-29(47)15-24(32(39)52)42-34(54)25(13-19-7-2-1-3-8-19)43-36(56)28(17-31(50)51)46-35(55)26(14-20-18-41-22-10-5-4-9-21(20)22)44-37(57)27(16-30(48)49)45-33(53)23-11-6-12-40-23/h1-5,7-10,18,23-28,40-41H,6,11-17H2,(H2,38,47)(H2,39,52)(H,42,54)(H,43,56)(H,44,57)(H,45,53)(H,46,55)(H,48,49)(H,50,51)/t23-,24-,25-,26-,27-,28-/m0/s1. The molecule has 0 unspecified atom stereocenters. The van der Waals surface area contributed by atoms with Crippen molar-refractivity contribution in [1.29, 1.82) is 0 Å². The summed E-state index contributed by atoms with van der Waals surface area (Å²) in [4.78, 5) is 118. The van der Waals surface area contributed by atoms with E-state index in [0.29, 0.717) is 41.4 Å². The molecule has 6 atom stereocenters. The van der Waals surface area contributed by atoms with Crippen molar-refractivity contribution in [3.8, 4) is 0 Å². The number of rotatable bonds is 21. The van der Waals surface area contributed by atoms with Crippen molar-refractivity contribution in [2.45, 2.75) is 81.2 Å². The molecule has 7 amide bonds. The van der Waals surface area contributed by atoms with E-state index in [2.05, 4.69) is 36.9 Å². The Morgan fingerprint density at radius 3 is 1.74 bits per heavy atom. The lowest BCUT2D eigenvalue weighted by Crippen LogP contribution is -2.60. The lowest BCUT2D eigenvalue weighted by Gasteiger charge is -2.26. The molecule has 1 saturated heterocycles. The molecule has 20 heteroatoms. The molecule has 4 rings (SSSR count). The van der Waals surface area contributed by atoms with E-state index < -0.39 is 109 Å². The number of carboxylic acids is 2. The van der Waals surface area contributed by atoms with Crippen molar-refractivity contribution in [2.75, 3.05) is 6.54 Å². The highest BCUT2D eigenvalue weighted by Crippen LogP contribution is 2.20. The fourth-order valence-electron chi connectivity index (χ4n) is 6.25. The third-order valence-electron chi connectivity index (χ3n) is 9.11. The molecule has 1 aliphatic heterocycles. The summed E-state index contributed by atoms with van der Waals surface area (Å²) in [6.45, 7) is 0.548. The number of carbonyl (C=O) groups excluding carboxylic acids is 7. The van der Waals surface area contributed by atoms with Crippen LogP contribution < -0.4 is 43.4 Å². The normalized spacial score (nSPS) is 16.2. The number of benzene rings is 2. The summed E-state index contributed by atoms with van der Waals surface area (Å²) in [5.41, 5.74) is 12.2. The van der Waals surface area contributed by atoms with Crippen LogP contribution in [0.4, 0.5) is 0 Å². The van der Waals surface area contributed by atoms with Gasteiger partial charge in [-0.15, -0.1) is 0 Å². The number of hydrogen-bond acceptors (Lipinski definition) is 10. The lowest BCUT2D eigenvalue weighted by molar-refractivity contribution is -0.141. The topological polar surface area (TPSA) is 334 Å². The predicted octanol–water partition coefficient (Wildman–Crippen LogP) is -2.56. The zero-order valence-corrected chi connectivity index (χ0v) is 30.6. The number of fused-ring (bicyclic) bond motifs is 1. The maximum atomic E-state index is 14.1. The Bertz CT molecular complexity index is 1980. The first kappa shape index (κ1) is 42.9. The van der Waals surface area contributed by atoms with Crippen LogP contribution in [-0.4, -0.2) is 111 Å². The van der Waals surface area contributed by atoms with Gasteiger partial charge in [0, 0.05) is 29.9 Å². The Balaban J connectivity index is 1.61. The number of aliphatic carboxylic acids is 2. The number of nitrogens with one attached hydrogen (secondary N) is 7. The van der Waals surface area contributed by atoms with Gasteiger partial charge >= 0.3 is 11.9 Å². The highest BCUT2D eigenvalue weighted by molar-refractivity contribution is 5.99. The van der Waals surface area contributed by atoms with Gasteiger partial charge in [0.1, 0.15) is 30.2 Å². The number of para-hydroxylation sites is 1. The maximum Gasteiger partial charge on any atom is 0.305 e. The summed E-state index contributed by atoms with van der Waals surface area (Å²) < 4.78 is 0. The zero-order valence-electron chi connectivity index (χ0n) is 30.6. The van der Waals surface area contributed by atoms with E-state index in [1.807, 2.05) is 0 Å². The van der Waals surface area contributed by atoms with Gasteiger partial charge in [-0.3, -0.25) is 43.2 Å². The molecule has 20 nitrogen and oxygen atoms in total. The van der Waals surface area contributed by atoms with E-state index in [9.17, 15) is 53.4 Å². The molecule has 0 bridgehead atoms. The van der Waals surface area contributed by atoms with Crippen LogP contribution in [-0.2, 0) is 56.0 Å². The predicted molar refractivity (Wildman–Crippen MR) is 200 cm³/mol. The first-order chi connectivity index (χ1) is 27.1. The Morgan fingerprint density at radius 2 is 1.18 bits per heavy atom. The number of H-pyrrole nitrogens is 1. The van der Waals surface area contributed by atoms with E-state index in [1.54, 1.807) is 60.8 Å². The van der Waals surface area contributed by atoms with Crippen LogP contribution in [0.1, 0.15) is 43.2 Å². The summed E-state index contributed by atoms with van der Waals surface area (Å²) in [5, 5.41) is 34.8. The number of hydrogen-bond donors (Lipinski definition) is 11. The lowest BCUT2D eigenvalue weighted by atomic mass is 10.0. The third-order valence-corrected chi connectivity index (χ3v) is 9.11. The molecule has 1 aliphatic rings. The molecular weight excluding hydrogens is 746 g/mol. The molecular formula is C37H45N9O11. The quantitative estimate of drug-likeness (QED) is 0.0531. The van der Waals surface area contributed by atoms with Crippen molar-refractivity contribution in [3.05, 3.63) is 71.9 Å². The maximum absolute atomic E-state index is 14.1. The second kappa shape index (κ2) is 20.2. The van der Waals surface area contributed by atoms with Gasteiger partial charge in [-0.1, -0.05) is 48.5 Å². The minimum Gasteiger partial charge on any atom is -0.481 e. The first-order valence-electron chi connectivity index (χ1n) is 18.0. The average molecular weight is 792 g/mol. The zero-order chi connectivity index (χ0) is 41.6. The molecule has 0 spiro atoms. The van der Waals surface area contributed by atoms with Crippen LogP contribution in [0.2, 0.25) is 0 Å². The van der Waals surface area contributed by atoms with Gasteiger partial charge in [0.05, 0.1) is 25.3 Å². The van der Waals surface area contributed by atoms with E-state index in [0.717, 1.165) is 0 Å². The Labute approximate surface area is 325 Å². The van der Waals surface area contributed by atoms with Crippen molar-refractivity contribution in [2.24, 2.45) is 11.5 Å². The minimum atomic E-state index is -1.86. The van der Waals surface area contributed by atoms with Crippen LogP contribution in [0.25, 0.3) is 10.9 Å². The second-order valence-electron chi connectivity index (χ2n) is 13.5. The summed E-state index contributed by atoms with van der Waals surface area (Å²) in [6.07, 6.45) is -0.201. The van der Waals surface area contributed by atoms with Crippen LogP contribution in [0, 0.1) is 0 Å². The van der Waals surface area contributed by atoms with Crippen LogP contribution in [0.5, 0.6) is 0 Å². The molecule has 0 radical (unpaired) electrons. The highest BCUT2D eigenvalue weighted by atomic mass is 16.4. The molecule has 2 heterocycles. The fraction of sp³-hybridized carbons (Fsp3) is 0.378. The van der Waals surface area contributed by atoms with E-state index in [4.69, 9.17) is 11.5 Å². The SMILES string of the molecule is NC(=O)C[C@H](NC(=O)[C@H](Cc1ccccc1)NC(=O)[C@H](CC(=O)O)NC(=O)[C@H](Cc1c[nH]c2ccccc12)NC(=O)[C@H](CC(=O)O)NC(=O)[C@@H]1CCCN1)C(N)=O. The minimum absolute atomic E-state index is 0.194. The average Bonchev–Trinajstić information content (AvgIpc) is 3.84. The number of primary amides is 2. The molecule has 13 N–H and O–H groups in total. The molecule has 3 aromatic rings. The van der Waals surface area contributed by atoms with Gasteiger partial charge in [0.2, 0.25) is 41.4 Å². The molecule has 2 aromatic carbocycles. The van der Waals surface area contributed by atoms with Gasteiger partial charge in [-0.25, -0.2) is 0 Å². The molecule has 1 fully saturated rings. The van der Waals surface area contributed by atoms with Gasteiger partial charge in [0.15, 0.2) is 0 Å². The van der Waals surface area contributed by atoms with Gasteiger partial charge in [0.25, 0.3) is 0 Å². The van der Waals surface area contributed by atoms with Crippen molar-refractivity contribution >= 4 is 64.2 Å². The van der Waals surface area contributed by atoms with Gasteiger partial charge in [-0.05, 0) is 36.6 Å². The van der Waals surface area contributed by atoms with E-state index in [-0.39, 0.29) is 12.8 Å². The molecule has 0 saturated carbocycles. The Hall–Kier alpha value is -6.83. The van der Waals surface area contributed by atoms with Gasteiger partial charge in [-0.2, -0.15) is 0 Å². The van der Waals surface area contributed by atoms with Crippen LogP contribution in [0.15, 0.2) is 60.8 Å².